The van der Waals surface area contributed by atoms with Crippen molar-refractivity contribution in [1.29, 1.82) is 0 Å². The van der Waals surface area contributed by atoms with E-state index >= 15 is 0 Å². The topological polar surface area (TPSA) is 9.23 Å². The summed E-state index contributed by atoms with van der Waals surface area (Å²) in [6, 6.07) is 6.41. The van der Waals surface area contributed by atoms with Crippen LogP contribution in [-0.2, 0) is 10.8 Å². The zero-order valence-corrected chi connectivity index (χ0v) is 11.3. The van der Waals surface area contributed by atoms with Crippen molar-refractivity contribution in [3.8, 4) is 5.75 Å². The van der Waals surface area contributed by atoms with Crippen LogP contribution < -0.4 is 4.74 Å². The van der Waals surface area contributed by atoms with Gasteiger partial charge in [-0.2, -0.15) is 0 Å². The first-order valence-electron chi connectivity index (χ1n) is 5.72. The van der Waals surface area contributed by atoms with Gasteiger partial charge in [0.2, 0.25) is 0 Å². The molecule has 1 radical (unpaired) electrons. The lowest BCUT2D eigenvalue weighted by atomic mass is 9.80. The van der Waals surface area contributed by atoms with Crippen LogP contribution in [0.4, 0.5) is 0 Å². The molecule has 0 aliphatic heterocycles. The highest BCUT2D eigenvalue weighted by Crippen LogP contribution is 2.32. The molecule has 0 fully saturated rings. The first-order chi connectivity index (χ1) is 7.14. The highest BCUT2D eigenvalue weighted by atomic mass is 16.5. The zero-order chi connectivity index (χ0) is 12.6. The Kier molecular flexibility index (Phi) is 3.37. The lowest BCUT2D eigenvalue weighted by Gasteiger charge is -2.25. The third-order valence-corrected chi connectivity index (χ3v) is 2.81. The molecule has 0 N–H and O–H groups in total. The Bertz CT molecular complexity index is 332. The van der Waals surface area contributed by atoms with Crippen molar-refractivity contribution in [3.63, 3.8) is 0 Å². The van der Waals surface area contributed by atoms with Crippen molar-refractivity contribution < 1.29 is 4.74 Å². The summed E-state index contributed by atoms with van der Waals surface area (Å²) in [7, 11) is 3.50. The van der Waals surface area contributed by atoms with Gasteiger partial charge in [-0.1, -0.05) is 47.6 Å². The van der Waals surface area contributed by atoms with Crippen LogP contribution in [0.5, 0.6) is 5.75 Å². The molecule has 1 aromatic carbocycles. The van der Waals surface area contributed by atoms with E-state index in [1.54, 1.807) is 0 Å². The van der Waals surface area contributed by atoms with Crippen LogP contribution >= 0.6 is 0 Å². The fourth-order valence-corrected chi connectivity index (χ4v) is 1.55. The lowest BCUT2D eigenvalue weighted by molar-refractivity contribution is 0.464. The summed E-state index contributed by atoms with van der Waals surface area (Å²) >= 11 is 0. The number of ether oxygens (including phenoxy) is 1. The molecule has 0 spiro atoms. The van der Waals surface area contributed by atoms with Gasteiger partial charge in [-0.25, -0.2) is 0 Å². The maximum Gasteiger partial charge on any atom is 0.122 e. The predicted molar refractivity (Wildman–Crippen MR) is 69.8 cm³/mol. The number of benzene rings is 1. The third-order valence-electron chi connectivity index (χ3n) is 2.81. The standard InChI is InChI=1S/C15H23O/c1-14(2,3)11-8-12(15(4,5)6)10-13(9-11)16-7/h8-10H,7H2,1-6H3. The molecule has 0 aliphatic rings. The Morgan fingerprint density at radius 3 is 1.44 bits per heavy atom. The van der Waals surface area contributed by atoms with Gasteiger partial charge >= 0.3 is 0 Å². The Balaban J connectivity index is 3.33. The molecule has 0 saturated heterocycles. The van der Waals surface area contributed by atoms with Crippen LogP contribution in [-0.4, -0.2) is 0 Å². The van der Waals surface area contributed by atoms with Crippen LogP contribution in [0.2, 0.25) is 0 Å². The van der Waals surface area contributed by atoms with Gasteiger partial charge in [-0.3, -0.25) is 0 Å². The van der Waals surface area contributed by atoms with Gasteiger partial charge in [0.1, 0.15) is 12.9 Å². The normalized spacial score (nSPS) is 12.7. The van der Waals surface area contributed by atoms with E-state index < -0.39 is 0 Å². The van der Waals surface area contributed by atoms with E-state index in [2.05, 4.69) is 66.9 Å². The maximum atomic E-state index is 5.14. The maximum absolute atomic E-state index is 5.14. The molecule has 0 saturated carbocycles. The largest absolute Gasteiger partial charge is 0.490 e. The molecule has 1 nitrogen and oxygen atoms in total. The van der Waals surface area contributed by atoms with Gasteiger partial charge in [0.05, 0.1) is 0 Å². The second-order valence-corrected chi connectivity index (χ2v) is 6.39. The second kappa shape index (κ2) is 4.12. The molecule has 0 bridgehead atoms. The molecular formula is C15H23O. The Labute approximate surface area is 99.8 Å². The molecule has 1 rings (SSSR count). The minimum Gasteiger partial charge on any atom is -0.490 e. The summed E-state index contributed by atoms with van der Waals surface area (Å²) in [5.41, 5.74) is 2.85. The van der Waals surface area contributed by atoms with Crippen LogP contribution in [0.1, 0.15) is 52.7 Å². The molecule has 0 heterocycles. The SMILES string of the molecule is [CH2]Oc1cc(C(C)(C)C)cc(C(C)(C)C)c1. The first kappa shape index (κ1) is 13.1. The highest BCUT2D eigenvalue weighted by Gasteiger charge is 2.20. The second-order valence-electron chi connectivity index (χ2n) is 6.39. The molecule has 0 aromatic heterocycles. The van der Waals surface area contributed by atoms with E-state index in [-0.39, 0.29) is 10.8 Å². The number of hydrogen-bond donors (Lipinski definition) is 0. The first-order valence-corrected chi connectivity index (χ1v) is 5.72. The summed E-state index contributed by atoms with van der Waals surface area (Å²) in [4.78, 5) is 0. The molecule has 1 aromatic rings. The van der Waals surface area contributed by atoms with Gasteiger partial charge in [-0.05, 0) is 34.1 Å². The predicted octanol–water partition coefficient (Wildman–Crippen LogP) is 4.45. The van der Waals surface area contributed by atoms with Crippen molar-refractivity contribution in [1.82, 2.24) is 0 Å². The lowest BCUT2D eigenvalue weighted by Crippen LogP contribution is -2.16. The van der Waals surface area contributed by atoms with Crippen molar-refractivity contribution in [2.45, 2.75) is 52.4 Å². The quantitative estimate of drug-likeness (QED) is 0.678. The van der Waals surface area contributed by atoms with Crippen molar-refractivity contribution in [3.05, 3.63) is 36.4 Å². The van der Waals surface area contributed by atoms with E-state index in [0.717, 1.165) is 5.75 Å². The van der Waals surface area contributed by atoms with E-state index in [4.69, 9.17) is 4.74 Å². The molecule has 0 atom stereocenters. The number of rotatable bonds is 1. The molecule has 89 valence electrons. The Morgan fingerprint density at radius 1 is 0.812 bits per heavy atom. The fourth-order valence-electron chi connectivity index (χ4n) is 1.55. The minimum absolute atomic E-state index is 0.133. The van der Waals surface area contributed by atoms with E-state index in [1.807, 2.05) is 0 Å². The summed E-state index contributed by atoms with van der Waals surface area (Å²) in [5.74, 6) is 0.845. The van der Waals surface area contributed by atoms with Gasteiger partial charge in [0.15, 0.2) is 0 Å². The Hall–Kier alpha value is -0.980. The molecular weight excluding hydrogens is 196 g/mol. The van der Waals surface area contributed by atoms with Gasteiger partial charge in [-0.15, -0.1) is 0 Å². The van der Waals surface area contributed by atoms with Gasteiger partial charge < -0.3 is 4.74 Å². The summed E-state index contributed by atoms with van der Waals surface area (Å²) in [5, 5.41) is 0. The Morgan fingerprint density at radius 2 is 1.19 bits per heavy atom. The molecule has 16 heavy (non-hydrogen) atoms. The molecule has 0 amide bonds. The third kappa shape index (κ3) is 3.01. The van der Waals surface area contributed by atoms with Crippen molar-refractivity contribution in [2.24, 2.45) is 0 Å². The summed E-state index contributed by atoms with van der Waals surface area (Å²) in [6.07, 6.45) is 0. The monoisotopic (exact) mass is 219 g/mol. The zero-order valence-electron chi connectivity index (χ0n) is 11.3. The number of hydrogen-bond acceptors (Lipinski definition) is 1. The van der Waals surface area contributed by atoms with Gasteiger partial charge in [0.25, 0.3) is 0 Å². The van der Waals surface area contributed by atoms with Crippen LogP contribution in [0.3, 0.4) is 0 Å². The van der Waals surface area contributed by atoms with E-state index in [9.17, 15) is 0 Å². The fraction of sp³-hybridized carbons (Fsp3) is 0.533. The van der Waals surface area contributed by atoms with Crippen LogP contribution in [0.15, 0.2) is 18.2 Å². The molecule has 1 heteroatoms. The van der Waals surface area contributed by atoms with Crippen LogP contribution in [0.25, 0.3) is 0 Å². The highest BCUT2D eigenvalue weighted by molar-refractivity contribution is 5.40. The smallest absolute Gasteiger partial charge is 0.122 e. The average molecular weight is 219 g/mol. The summed E-state index contributed by atoms with van der Waals surface area (Å²) < 4.78 is 5.14. The average Bonchev–Trinajstić information content (AvgIpc) is 2.14. The van der Waals surface area contributed by atoms with Crippen molar-refractivity contribution in [2.75, 3.05) is 0 Å². The molecule has 0 aliphatic carbocycles. The van der Waals surface area contributed by atoms with E-state index in [1.165, 1.54) is 11.1 Å². The molecule has 0 unspecified atom stereocenters. The summed E-state index contributed by atoms with van der Waals surface area (Å²) in [6.45, 7) is 13.3. The van der Waals surface area contributed by atoms with Crippen molar-refractivity contribution >= 4 is 0 Å². The van der Waals surface area contributed by atoms with Gasteiger partial charge in [0, 0.05) is 0 Å². The minimum atomic E-state index is 0.133. The van der Waals surface area contributed by atoms with Crippen LogP contribution in [0, 0.1) is 7.11 Å². The van der Waals surface area contributed by atoms with E-state index in [0.29, 0.717) is 0 Å².